The third-order valence-electron chi connectivity index (χ3n) is 9.81. The Morgan fingerprint density at radius 3 is 2.18 bits per heavy atom. The van der Waals surface area contributed by atoms with E-state index in [1.165, 1.54) is 50.2 Å². The molecule has 7 aromatic rings. The molecule has 2 unspecified atom stereocenters. The van der Waals surface area contributed by atoms with Gasteiger partial charge in [-0.25, -0.2) is 0 Å². The lowest BCUT2D eigenvalue weighted by Crippen LogP contribution is -2.16. The number of para-hydroxylation sites is 2. The van der Waals surface area contributed by atoms with Gasteiger partial charge in [0.05, 0.1) is 16.8 Å². The van der Waals surface area contributed by atoms with Crippen molar-refractivity contribution in [3.63, 3.8) is 0 Å². The number of hydrogen-bond acceptors (Lipinski definition) is 2. The highest BCUT2D eigenvalue weighted by atomic mass is 16.3. The molecule has 3 aliphatic carbocycles. The van der Waals surface area contributed by atoms with Crippen molar-refractivity contribution in [2.24, 2.45) is 0 Å². The first-order valence-corrected chi connectivity index (χ1v) is 15.4. The predicted octanol–water partition coefficient (Wildman–Crippen LogP) is 11.5. The second-order valence-corrected chi connectivity index (χ2v) is 12.0. The SMILES string of the molecule is C1=CC2c3cccc4c3-c3cccc(N(c5ccccc5)c5cccc6oc7ccccc7c56)c3C(=C1)C2c1ccccc1-4. The number of rotatable bonds is 3. The van der Waals surface area contributed by atoms with Crippen LogP contribution in [-0.4, -0.2) is 0 Å². The number of allylic oxidation sites excluding steroid dienone is 4. The van der Waals surface area contributed by atoms with E-state index in [0.717, 1.165) is 33.3 Å². The molecule has 1 aromatic heterocycles. The van der Waals surface area contributed by atoms with Gasteiger partial charge in [-0.05, 0) is 75.4 Å². The average molecular weight is 562 g/mol. The van der Waals surface area contributed by atoms with Crippen LogP contribution in [0.2, 0.25) is 0 Å². The van der Waals surface area contributed by atoms with Crippen molar-refractivity contribution in [1.29, 1.82) is 0 Å². The van der Waals surface area contributed by atoms with Gasteiger partial charge in [0.1, 0.15) is 11.2 Å². The molecule has 44 heavy (non-hydrogen) atoms. The highest BCUT2D eigenvalue weighted by Gasteiger charge is 2.41. The first-order valence-electron chi connectivity index (χ1n) is 15.4. The quantitative estimate of drug-likeness (QED) is 0.213. The largest absolute Gasteiger partial charge is 0.456 e. The van der Waals surface area contributed by atoms with E-state index in [4.69, 9.17) is 4.42 Å². The summed E-state index contributed by atoms with van der Waals surface area (Å²) < 4.78 is 6.39. The number of anilines is 3. The second-order valence-electron chi connectivity index (χ2n) is 12.0. The lowest BCUT2D eigenvalue weighted by molar-refractivity contribution is 0.669. The molecule has 6 aromatic carbocycles. The van der Waals surface area contributed by atoms with Crippen LogP contribution in [0.25, 0.3) is 49.8 Å². The molecular formula is C42H27NO. The summed E-state index contributed by atoms with van der Waals surface area (Å²) in [5.41, 5.74) is 16.1. The summed E-state index contributed by atoms with van der Waals surface area (Å²) >= 11 is 0. The van der Waals surface area contributed by atoms with Gasteiger partial charge in [0.2, 0.25) is 0 Å². The maximum absolute atomic E-state index is 6.39. The molecule has 206 valence electrons. The Balaban J connectivity index is 1.35. The molecular weight excluding hydrogens is 534 g/mol. The Morgan fingerprint density at radius 2 is 1.23 bits per heavy atom. The summed E-state index contributed by atoms with van der Waals surface area (Å²) in [7, 11) is 0. The third kappa shape index (κ3) is 3.15. The van der Waals surface area contributed by atoms with Crippen LogP contribution in [0.3, 0.4) is 0 Å². The van der Waals surface area contributed by atoms with Crippen LogP contribution in [-0.2, 0) is 0 Å². The number of benzene rings is 6. The molecule has 2 heteroatoms. The first kappa shape index (κ1) is 23.9. The molecule has 0 amide bonds. The summed E-state index contributed by atoms with van der Waals surface area (Å²) in [5.74, 6) is 0.501. The number of furan rings is 1. The lowest BCUT2D eigenvalue weighted by Gasteiger charge is -2.34. The number of fused-ring (bicyclic) bond motifs is 7. The van der Waals surface area contributed by atoms with Crippen LogP contribution in [0.15, 0.2) is 156 Å². The Labute approximate surface area is 255 Å². The van der Waals surface area contributed by atoms with E-state index in [0.29, 0.717) is 0 Å². The van der Waals surface area contributed by atoms with E-state index < -0.39 is 0 Å². The summed E-state index contributed by atoms with van der Waals surface area (Å²) in [4.78, 5) is 2.45. The molecule has 0 aliphatic heterocycles. The minimum absolute atomic E-state index is 0.223. The van der Waals surface area contributed by atoms with E-state index >= 15 is 0 Å². The van der Waals surface area contributed by atoms with Gasteiger partial charge in [-0.1, -0.05) is 115 Å². The minimum atomic E-state index is 0.223. The highest BCUT2D eigenvalue weighted by Crippen LogP contribution is 2.61. The predicted molar refractivity (Wildman–Crippen MR) is 182 cm³/mol. The van der Waals surface area contributed by atoms with Gasteiger partial charge in [-0.2, -0.15) is 0 Å². The minimum Gasteiger partial charge on any atom is -0.456 e. The van der Waals surface area contributed by atoms with Crippen molar-refractivity contribution >= 4 is 44.6 Å². The maximum Gasteiger partial charge on any atom is 0.137 e. The van der Waals surface area contributed by atoms with E-state index in [1.807, 2.05) is 6.07 Å². The van der Waals surface area contributed by atoms with Gasteiger partial charge < -0.3 is 9.32 Å². The highest BCUT2D eigenvalue weighted by molar-refractivity contribution is 6.14. The van der Waals surface area contributed by atoms with E-state index in [-0.39, 0.29) is 11.8 Å². The Bertz CT molecular complexity index is 2360. The van der Waals surface area contributed by atoms with Crippen LogP contribution in [0, 0.1) is 0 Å². The normalized spacial score (nSPS) is 17.1. The van der Waals surface area contributed by atoms with Crippen molar-refractivity contribution in [3.05, 3.63) is 168 Å². The summed E-state index contributed by atoms with van der Waals surface area (Å²) in [6.07, 6.45) is 7.07. The first-order chi connectivity index (χ1) is 21.9. The molecule has 0 radical (unpaired) electrons. The number of hydrogen-bond donors (Lipinski definition) is 0. The van der Waals surface area contributed by atoms with Crippen molar-refractivity contribution in [2.45, 2.75) is 11.8 Å². The van der Waals surface area contributed by atoms with Crippen LogP contribution >= 0.6 is 0 Å². The summed E-state index contributed by atoms with van der Waals surface area (Å²) in [6, 6.07) is 48.4. The fourth-order valence-corrected chi connectivity index (χ4v) is 8.12. The molecule has 1 heterocycles. The van der Waals surface area contributed by atoms with Gasteiger partial charge in [-0.3, -0.25) is 0 Å². The fraction of sp³-hybridized carbons (Fsp3) is 0.0476. The molecule has 0 saturated heterocycles. The van der Waals surface area contributed by atoms with Crippen LogP contribution in [0.4, 0.5) is 17.1 Å². The fourth-order valence-electron chi connectivity index (χ4n) is 8.12. The Kier molecular flexibility index (Phi) is 4.86. The van der Waals surface area contributed by atoms with Crippen molar-refractivity contribution in [3.8, 4) is 22.3 Å². The zero-order valence-electron chi connectivity index (χ0n) is 23.9. The van der Waals surface area contributed by atoms with Crippen LogP contribution in [0.1, 0.15) is 28.5 Å². The zero-order chi connectivity index (χ0) is 28.8. The van der Waals surface area contributed by atoms with Gasteiger partial charge in [0.15, 0.2) is 0 Å². The molecule has 6 bridgehead atoms. The average Bonchev–Trinajstić information content (AvgIpc) is 3.42. The van der Waals surface area contributed by atoms with Crippen LogP contribution < -0.4 is 4.90 Å². The van der Waals surface area contributed by atoms with Crippen molar-refractivity contribution < 1.29 is 4.42 Å². The van der Waals surface area contributed by atoms with E-state index in [9.17, 15) is 0 Å². The summed E-state index contributed by atoms with van der Waals surface area (Å²) in [6.45, 7) is 0. The summed E-state index contributed by atoms with van der Waals surface area (Å²) in [5, 5.41) is 2.25. The standard InChI is InChI=1S/C42H27NO/c1-2-12-26(13-3-1)43(36-23-11-25-38-42(36)32-16-6-7-24-37(32)44-38)35-22-10-21-34-40-29-17-8-18-30(40)31-19-9-20-33(41(34)35)39(31)28-15-5-4-14-27(28)29/h1-25,31,39H. The Morgan fingerprint density at radius 1 is 0.523 bits per heavy atom. The zero-order valence-corrected chi connectivity index (χ0v) is 23.9. The molecule has 0 spiro atoms. The lowest BCUT2D eigenvalue weighted by atomic mass is 9.73. The second kappa shape index (κ2) is 8.95. The maximum atomic E-state index is 6.39. The molecule has 2 atom stereocenters. The third-order valence-corrected chi connectivity index (χ3v) is 9.81. The molecule has 2 nitrogen and oxygen atoms in total. The molecule has 0 N–H and O–H groups in total. The van der Waals surface area contributed by atoms with Gasteiger partial charge in [0, 0.05) is 28.5 Å². The van der Waals surface area contributed by atoms with E-state index in [1.54, 1.807) is 0 Å². The topological polar surface area (TPSA) is 16.4 Å². The van der Waals surface area contributed by atoms with Crippen molar-refractivity contribution in [2.75, 3.05) is 4.90 Å². The molecule has 0 saturated carbocycles. The smallest absolute Gasteiger partial charge is 0.137 e. The van der Waals surface area contributed by atoms with Gasteiger partial charge in [0.25, 0.3) is 0 Å². The van der Waals surface area contributed by atoms with Gasteiger partial charge in [-0.15, -0.1) is 0 Å². The molecule has 3 aliphatic rings. The monoisotopic (exact) mass is 561 g/mol. The number of nitrogens with zero attached hydrogens (tertiary/aromatic N) is 1. The molecule has 0 fully saturated rings. The molecule has 10 rings (SSSR count). The van der Waals surface area contributed by atoms with Crippen molar-refractivity contribution in [1.82, 2.24) is 0 Å². The van der Waals surface area contributed by atoms with Gasteiger partial charge >= 0.3 is 0 Å². The van der Waals surface area contributed by atoms with E-state index in [2.05, 4.69) is 151 Å². The Hall–Kier alpha value is -5.60. The van der Waals surface area contributed by atoms with Crippen LogP contribution in [0.5, 0.6) is 0 Å².